The van der Waals surface area contributed by atoms with E-state index in [0.717, 1.165) is 0 Å². The number of hydrogen-bond acceptors (Lipinski definition) is 5. The lowest BCUT2D eigenvalue weighted by Crippen LogP contribution is -2.30. The van der Waals surface area contributed by atoms with Gasteiger partial charge >= 0.3 is 5.97 Å². The van der Waals surface area contributed by atoms with Crippen LogP contribution in [0, 0.1) is 0 Å². The summed E-state index contributed by atoms with van der Waals surface area (Å²) in [4.78, 5) is 12.0. The Balaban J connectivity index is 2.22. The predicted octanol–water partition coefficient (Wildman–Crippen LogP) is 2.13. The highest BCUT2D eigenvalue weighted by atomic mass is 35.5. The molecule has 0 bridgehead atoms. The fourth-order valence-electron chi connectivity index (χ4n) is 1.83. The van der Waals surface area contributed by atoms with E-state index >= 15 is 0 Å². The Kier molecular flexibility index (Phi) is 5.17. The monoisotopic (exact) mass is 328 g/mol. The molecule has 0 aliphatic carbocycles. The number of hydrogen-bond donors (Lipinski definition) is 1. The van der Waals surface area contributed by atoms with Crippen LogP contribution in [-0.2, 0) is 23.1 Å². The molecule has 0 spiro atoms. The van der Waals surface area contributed by atoms with E-state index in [4.69, 9.17) is 27.9 Å². The Labute approximate surface area is 132 Å². The number of carbonyl (C=O) groups is 1. The number of aryl methyl sites for hydroxylation is 1. The maximum absolute atomic E-state index is 12.0. The van der Waals surface area contributed by atoms with Crippen LogP contribution in [-0.4, -0.2) is 27.8 Å². The average Bonchev–Trinajstić information content (AvgIpc) is 2.86. The van der Waals surface area contributed by atoms with Crippen molar-refractivity contribution >= 4 is 29.2 Å². The molecule has 0 aliphatic rings. The molecule has 0 fully saturated rings. The van der Waals surface area contributed by atoms with E-state index in [-0.39, 0.29) is 0 Å². The minimum atomic E-state index is -0.712. The second kappa shape index (κ2) is 6.89. The number of benzene rings is 1. The molecule has 1 aromatic heterocycles. The van der Waals surface area contributed by atoms with Gasteiger partial charge in [-0.15, -0.1) is 10.2 Å². The summed E-state index contributed by atoms with van der Waals surface area (Å²) in [5.74, 6) is 0.246. The van der Waals surface area contributed by atoms with Crippen LogP contribution in [0.1, 0.15) is 17.4 Å². The van der Waals surface area contributed by atoms with Gasteiger partial charge in [0, 0.05) is 17.1 Å². The van der Waals surface area contributed by atoms with Gasteiger partial charge in [-0.3, -0.25) is 5.32 Å². The van der Waals surface area contributed by atoms with E-state index in [1.165, 1.54) is 7.11 Å². The number of carbonyl (C=O) groups excluding carboxylic acids is 1. The van der Waals surface area contributed by atoms with Crippen molar-refractivity contribution in [2.24, 2.45) is 7.05 Å². The highest BCUT2D eigenvalue weighted by molar-refractivity contribution is 6.35. The van der Waals surface area contributed by atoms with E-state index in [2.05, 4.69) is 15.5 Å². The predicted molar refractivity (Wildman–Crippen MR) is 79.1 cm³/mol. The van der Waals surface area contributed by atoms with Crippen LogP contribution < -0.4 is 5.32 Å². The van der Waals surface area contributed by atoms with Gasteiger partial charge in [0.05, 0.1) is 13.7 Å². The molecule has 2 aromatic rings. The van der Waals surface area contributed by atoms with Gasteiger partial charge in [0.25, 0.3) is 0 Å². The van der Waals surface area contributed by atoms with E-state index in [0.29, 0.717) is 28.0 Å². The molecule has 1 atom stereocenters. The lowest BCUT2D eigenvalue weighted by Gasteiger charge is -2.18. The summed E-state index contributed by atoms with van der Waals surface area (Å²) in [6.45, 7) is 0.342. The summed E-state index contributed by atoms with van der Waals surface area (Å²) in [5.41, 5.74) is 0.593. The van der Waals surface area contributed by atoms with E-state index < -0.39 is 12.0 Å². The molecule has 8 heteroatoms. The van der Waals surface area contributed by atoms with Crippen LogP contribution in [0.25, 0.3) is 0 Å². The van der Waals surface area contributed by atoms with E-state index in [1.54, 1.807) is 29.1 Å². The Morgan fingerprint density at radius 2 is 2.24 bits per heavy atom. The summed E-state index contributed by atoms with van der Waals surface area (Å²) in [6, 6.07) is 4.23. The van der Waals surface area contributed by atoms with E-state index in [9.17, 15) is 4.79 Å². The maximum atomic E-state index is 12.0. The molecule has 6 nitrogen and oxygen atoms in total. The zero-order chi connectivity index (χ0) is 15.4. The maximum Gasteiger partial charge on any atom is 0.327 e. The molecule has 0 radical (unpaired) electrons. The normalized spacial score (nSPS) is 12.2. The number of nitrogens with one attached hydrogen (secondary N) is 1. The van der Waals surface area contributed by atoms with Crippen molar-refractivity contribution in [2.45, 2.75) is 12.6 Å². The molecule has 1 N–H and O–H groups in total. The highest BCUT2D eigenvalue weighted by Gasteiger charge is 2.24. The molecular weight excluding hydrogens is 315 g/mol. The zero-order valence-electron chi connectivity index (χ0n) is 11.5. The van der Waals surface area contributed by atoms with Crippen LogP contribution in [0.2, 0.25) is 10.0 Å². The van der Waals surface area contributed by atoms with Crippen LogP contribution in [0.15, 0.2) is 24.5 Å². The highest BCUT2D eigenvalue weighted by Crippen LogP contribution is 2.27. The first-order chi connectivity index (χ1) is 10.0. The van der Waals surface area contributed by atoms with Crippen LogP contribution in [0.4, 0.5) is 0 Å². The number of rotatable bonds is 5. The summed E-state index contributed by atoms with van der Waals surface area (Å²) >= 11 is 12.0. The molecule has 112 valence electrons. The second-order valence-electron chi connectivity index (χ2n) is 4.36. The molecule has 0 aliphatic heterocycles. The third-order valence-corrected chi connectivity index (χ3v) is 3.54. The number of ether oxygens (including phenoxy) is 1. The van der Waals surface area contributed by atoms with Gasteiger partial charge in [-0.05, 0) is 17.7 Å². The Morgan fingerprint density at radius 3 is 2.81 bits per heavy atom. The van der Waals surface area contributed by atoms with Gasteiger partial charge in [0.15, 0.2) is 0 Å². The Bertz CT molecular complexity index is 645. The Morgan fingerprint density at radius 1 is 1.48 bits per heavy atom. The minimum Gasteiger partial charge on any atom is -0.468 e. The SMILES string of the molecule is COC(=O)C(NCc1nncn1C)c1ccc(Cl)cc1Cl. The third kappa shape index (κ3) is 3.72. The quantitative estimate of drug-likeness (QED) is 0.851. The van der Waals surface area contributed by atoms with Gasteiger partial charge in [-0.1, -0.05) is 29.3 Å². The fourth-order valence-corrected chi connectivity index (χ4v) is 2.35. The smallest absolute Gasteiger partial charge is 0.327 e. The van der Waals surface area contributed by atoms with Crippen molar-refractivity contribution < 1.29 is 9.53 Å². The first-order valence-corrected chi connectivity index (χ1v) is 6.87. The number of esters is 1. The van der Waals surface area contributed by atoms with Crippen LogP contribution in [0.3, 0.4) is 0 Å². The van der Waals surface area contributed by atoms with E-state index in [1.807, 2.05) is 7.05 Å². The van der Waals surface area contributed by atoms with Crippen molar-refractivity contribution in [1.82, 2.24) is 20.1 Å². The number of aromatic nitrogens is 3. The molecule has 1 unspecified atom stereocenters. The lowest BCUT2D eigenvalue weighted by atomic mass is 10.1. The first kappa shape index (κ1) is 15.8. The van der Waals surface area contributed by atoms with Crippen molar-refractivity contribution in [1.29, 1.82) is 0 Å². The summed E-state index contributed by atoms with van der Waals surface area (Å²) in [7, 11) is 3.14. The summed E-state index contributed by atoms with van der Waals surface area (Å²) < 4.78 is 6.57. The standard InChI is InChI=1S/C13H14Cl2N4O2/c1-19-7-17-18-11(19)6-16-12(13(20)21-2)9-4-3-8(14)5-10(9)15/h3-5,7,12,16H,6H2,1-2H3. The van der Waals surface area contributed by atoms with Crippen LogP contribution in [0.5, 0.6) is 0 Å². The number of nitrogens with zero attached hydrogens (tertiary/aromatic N) is 3. The summed E-state index contributed by atoms with van der Waals surface area (Å²) in [6.07, 6.45) is 1.58. The largest absolute Gasteiger partial charge is 0.468 e. The second-order valence-corrected chi connectivity index (χ2v) is 5.20. The first-order valence-electron chi connectivity index (χ1n) is 6.12. The summed E-state index contributed by atoms with van der Waals surface area (Å²) in [5, 5.41) is 11.7. The molecule has 21 heavy (non-hydrogen) atoms. The van der Waals surface area contributed by atoms with Crippen molar-refractivity contribution in [2.75, 3.05) is 7.11 Å². The van der Waals surface area contributed by atoms with Crippen molar-refractivity contribution in [3.63, 3.8) is 0 Å². The van der Waals surface area contributed by atoms with Gasteiger partial charge in [-0.25, -0.2) is 4.79 Å². The molecule has 0 saturated heterocycles. The Hall–Kier alpha value is -1.63. The topological polar surface area (TPSA) is 69.0 Å². The molecule has 1 heterocycles. The van der Waals surface area contributed by atoms with Crippen molar-refractivity contribution in [3.8, 4) is 0 Å². The lowest BCUT2D eigenvalue weighted by molar-refractivity contribution is -0.143. The zero-order valence-corrected chi connectivity index (χ0v) is 13.0. The molecule has 0 saturated carbocycles. The average molecular weight is 329 g/mol. The minimum absolute atomic E-state index is 0.342. The number of halogens is 2. The fraction of sp³-hybridized carbons (Fsp3) is 0.308. The molecular formula is C13H14Cl2N4O2. The van der Waals surface area contributed by atoms with Crippen LogP contribution >= 0.6 is 23.2 Å². The van der Waals surface area contributed by atoms with Crippen molar-refractivity contribution in [3.05, 3.63) is 46.0 Å². The number of methoxy groups -OCH3 is 1. The van der Waals surface area contributed by atoms with Gasteiger partial charge in [0.2, 0.25) is 0 Å². The van der Waals surface area contributed by atoms with Gasteiger partial charge < -0.3 is 9.30 Å². The molecule has 1 aromatic carbocycles. The van der Waals surface area contributed by atoms with Gasteiger partial charge in [-0.2, -0.15) is 0 Å². The molecule has 2 rings (SSSR count). The van der Waals surface area contributed by atoms with Gasteiger partial charge in [0.1, 0.15) is 18.2 Å². The molecule has 0 amide bonds. The third-order valence-electron chi connectivity index (χ3n) is 2.98.